The van der Waals surface area contributed by atoms with E-state index in [0.717, 1.165) is 0 Å². The third-order valence-electron chi connectivity index (χ3n) is 2.93. The Morgan fingerprint density at radius 2 is 1.48 bits per heavy atom. The maximum atomic E-state index is 2.22. The number of aryl methyl sites for hydroxylation is 2. The van der Waals surface area contributed by atoms with Gasteiger partial charge < -0.3 is 0 Å². The SMILES string of the molecule is CC.CCCc1ccccc1.Cc1cc2ccccc2s1. The smallest absolute Gasteiger partial charge is 0.0345 e. The van der Waals surface area contributed by atoms with Crippen LogP contribution in [-0.4, -0.2) is 0 Å². The Morgan fingerprint density at radius 3 is 2.10 bits per heavy atom. The van der Waals surface area contributed by atoms with E-state index < -0.39 is 0 Å². The van der Waals surface area contributed by atoms with Gasteiger partial charge in [-0.2, -0.15) is 0 Å². The Balaban J connectivity index is 0.000000189. The summed E-state index contributed by atoms with van der Waals surface area (Å²) in [4.78, 5) is 1.39. The van der Waals surface area contributed by atoms with Crippen molar-refractivity contribution in [2.24, 2.45) is 0 Å². The molecule has 0 atom stereocenters. The predicted octanol–water partition coefficient (Wildman–Crippen LogP) is 6.88. The molecule has 0 nitrogen and oxygen atoms in total. The molecule has 0 radical (unpaired) electrons. The van der Waals surface area contributed by atoms with Gasteiger partial charge >= 0.3 is 0 Å². The van der Waals surface area contributed by atoms with Crippen LogP contribution in [0.4, 0.5) is 0 Å². The zero-order chi connectivity index (χ0) is 15.5. The first-order valence-corrected chi connectivity index (χ1v) is 8.60. The molecule has 0 spiro atoms. The van der Waals surface area contributed by atoms with Crippen LogP contribution in [0, 0.1) is 6.92 Å². The largest absolute Gasteiger partial charge is 0.141 e. The summed E-state index contributed by atoms with van der Waals surface area (Å²) in [7, 11) is 0. The molecule has 0 aliphatic rings. The summed E-state index contributed by atoms with van der Waals surface area (Å²) in [6.45, 7) is 8.34. The minimum absolute atomic E-state index is 1.21. The highest BCUT2D eigenvalue weighted by molar-refractivity contribution is 7.19. The van der Waals surface area contributed by atoms with Gasteiger partial charge in [0, 0.05) is 9.58 Å². The van der Waals surface area contributed by atoms with Gasteiger partial charge in [-0.3, -0.25) is 0 Å². The first-order valence-electron chi connectivity index (χ1n) is 7.78. The average molecular weight is 298 g/mol. The van der Waals surface area contributed by atoms with Crippen molar-refractivity contribution < 1.29 is 0 Å². The van der Waals surface area contributed by atoms with Crippen molar-refractivity contribution >= 4 is 21.4 Å². The fraction of sp³-hybridized carbons (Fsp3) is 0.300. The molecule has 0 N–H and O–H groups in total. The van der Waals surface area contributed by atoms with E-state index in [1.807, 2.05) is 25.2 Å². The zero-order valence-corrected chi connectivity index (χ0v) is 14.4. The fourth-order valence-electron chi connectivity index (χ4n) is 2.05. The highest BCUT2D eigenvalue weighted by atomic mass is 32.1. The summed E-state index contributed by atoms with van der Waals surface area (Å²) in [6.07, 6.45) is 2.45. The number of rotatable bonds is 2. The quantitative estimate of drug-likeness (QED) is 0.484. The maximum Gasteiger partial charge on any atom is 0.0345 e. The highest BCUT2D eigenvalue weighted by Gasteiger charge is 1.93. The Bertz CT molecular complexity index is 575. The van der Waals surface area contributed by atoms with Crippen molar-refractivity contribution in [3.05, 3.63) is 71.1 Å². The fourth-order valence-corrected chi connectivity index (χ4v) is 2.97. The van der Waals surface area contributed by atoms with Crippen LogP contribution in [0.25, 0.3) is 10.1 Å². The van der Waals surface area contributed by atoms with E-state index in [2.05, 4.69) is 74.5 Å². The van der Waals surface area contributed by atoms with Crippen molar-refractivity contribution in [3.63, 3.8) is 0 Å². The third-order valence-corrected chi connectivity index (χ3v) is 3.96. The molecule has 1 aromatic heterocycles. The zero-order valence-electron chi connectivity index (χ0n) is 13.6. The number of hydrogen-bond acceptors (Lipinski definition) is 1. The van der Waals surface area contributed by atoms with Gasteiger partial charge in [-0.1, -0.05) is 75.7 Å². The van der Waals surface area contributed by atoms with E-state index in [1.165, 1.54) is 33.4 Å². The molecule has 1 heteroatoms. The minimum atomic E-state index is 1.21. The molecule has 0 fully saturated rings. The lowest BCUT2D eigenvalue weighted by Gasteiger charge is -1.93. The van der Waals surface area contributed by atoms with Crippen molar-refractivity contribution in [1.82, 2.24) is 0 Å². The van der Waals surface area contributed by atoms with Crippen LogP contribution in [-0.2, 0) is 6.42 Å². The molecule has 3 aromatic rings. The monoisotopic (exact) mass is 298 g/mol. The molecule has 0 amide bonds. The Morgan fingerprint density at radius 1 is 0.857 bits per heavy atom. The minimum Gasteiger partial charge on any atom is -0.141 e. The summed E-state index contributed by atoms with van der Waals surface area (Å²) in [5.74, 6) is 0. The number of thiophene rings is 1. The van der Waals surface area contributed by atoms with Crippen LogP contribution >= 0.6 is 11.3 Å². The normalized spacial score (nSPS) is 9.33. The van der Waals surface area contributed by atoms with Gasteiger partial charge in [-0.15, -0.1) is 11.3 Å². The van der Waals surface area contributed by atoms with Gasteiger partial charge in [0.1, 0.15) is 0 Å². The van der Waals surface area contributed by atoms with E-state index in [9.17, 15) is 0 Å². The van der Waals surface area contributed by atoms with Crippen LogP contribution in [0.15, 0.2) is 60.7 Å². The lowest BCUT2D eigenvalue weighted by atomic mass is 10.1. The average Bonchev–Trinajstić information content (AvgIpc) is 2.91. The molecule has 0 unspecified atom stereocenters. The lowest BCUT2D eigenvalue weighted by molar-refractivity contribution is 0.922. The molecule has 0 aliphatic heterocycles. The van der Waals surface area contributed by atoms with Crippen molar-refractivity contribution in [2.75, 3.05) is 0 Å². The Hall–Kier alpha value is -1.60. The van der Waals surface area contributed by atoms with E-state index in [4.69, 9.17) is 0 Å². The van der Waals surface area contributed by atoms with Gasteiger partial charge in [0.25, 0.3) is 0 Å². The van der Waals surface area contributed by atoms with Crippen LogP contribution < -0.4 is 0 Å². The van der Waals surface area contributed by atoms with E-state index >= 15 is 0 Å². The topological polar surface area (TPSA) is 0 Å². The third kappa shape index (κ3) is 6.14. The van der Waals surface area contributed by atoms with Crippen molar-refractivity contribution in [2.45, 2.75) is 40.5 Å². The molecule has 112 valence electrons. The summed E-state index contributed by atoms with van der Waals surface area (Å²) in [6, 6.07) is 21.3. The first-order chi connectivity index (χ1) is 10.3. The summed E-state index contributed by atoms with van der Waals surface area (Å²) in [5.41, 5.74) is 1.44. The van der Waals surface area contributed by atoms with Gasteiger partial charge in [0.05, 0.1) is 0 Å². The van der Waals surface area contributed by atoms with E-state index in [0.29, 0.717) is 0 Å². The van der Waals surface area contributed by atoms with Gasteiger partial charge in [0.2, 0.25) is 0 Å². The molecule has 21 heavy (non-hydrogen) atoms. The van der Waals surface area contributed by atoms with E-state index in [1.54, 1.807) is 0 Å². The van der Waals surface area contributed by atoms with Gasteiger partial charge in [0.15, 0.2) is 0 Å². The van der Waals surface area contributed by atoms with Crippen LogP contribution in [0.3, 0.4) is 0 Å². The van der Waals surface area contributed by atoms with Crippen molar-refractivity contribution in [3.8, 4) is 0 Å². The van der Waals surface area contributed by atoms with Gasteiger partial charge in [-0.25, -0.2) is 0 Å². The Labute approximate surface area is 133 Å². The predicted molar refractivity (Wildman–Crippen MR) is 98.3 cm³/mol. The molecule has 2 aromatic carbocycles. The second kappa shape index (κ2) is 10.2. The molecule has 1 heterocycles. The standard InChI is InChI=1S/C9H8S.C9H12.C2H6/c1-7-6-8-4-2-3-5-9(8)10-7;1-2-6-9-7-4-3-5-8-9;1-2/h2-6H,1H3;3-5,7-8H,2,6H2,1H3;1-2H3. The second-order valence-corrected chi connectivity index (χ2v) is 5.92. The molecule has 0 saturated heterocycles. The lowest BCUT2D eigenvalue weighted by Crippen LogP contribution is -1.78. The molecule has 0 bridgehead atoms. The van der Waals surface area contributed by atoms with Crippen LogP contribution in [0.2, 0.25) is 0 Å². The van der Waals surface area contributed by atoms with Crippen LogP contribution in [0.1, 0.15) is 37.6 Å². The molecular formula is C20H26S. The molecule has 0 aliphatic carbocycles. The molecule has 0 saturated carbocycles. The maximum absolute atomic E-state index is 2.22. The van der Waals surface area contributed by atoms with E-state index in [-0.39, 0.29) is 0 Å². The Kier molecular flexibility index (Phi) is 8.45. The first kappa shape index (κ1) is 17.5. The van der Waals surface area contributed by atoms with Gasteiger partial charge in [-0.05, 0) is 36.4 Å². The highest BCUT2D eigenvalue weighted by Crippen LogP contribution is 2.23. The van der Waals surface area contributed by atoms with Crippen LogP contribution in [0.5, 0.6) is 0 Å². The number of benzene rings is 2. The second-order valence-electron chi connectivity index (χ2n) is 4.63. The number of fused-ring (bicyclic) bond motifs is 1. The molecular weight excluding hydrogens is 272 g/mol. The summed E-state index contributed by atoms with van der Waals surface area (Å²) >= 11 is 1.85. The number of hydrogen-bond donors (Lipinski definition) is 0. The van der Waals surface area contributed by atoms with Crippen molar-refractivity contribution in [1.29, 1.82) is 0 Å². The summed E-state index contributed by atoms with van der Waals surface area (Å²) in [5, 5.41) is 1.37. The molecule has 3 rings (SSSR count). The summed E-state index contributed by atoms with van der Waals surface area (Å²) < 4.78 is 1.39.